The number of anilines is 2. The lowest BCUT2D eigenvalue weighted by Crippen LogP contribution is -2.33. The molecule has 0 aromatic heterocycles. The predicted molar refractivity (Wildman–Crippen MR) is 147 cm³/mol. The molecule has 2 amide bonds. The number of benzene rings is 3. The van der Waals surface area contributed by atoms with Crippen LogP contribution >= 0.6 is 0 Å². The van der Waals surface area contributed by atoms with Crippen LogP contribution in [0.1, 0.15) is 21.5 Å². The number of fused-ring (bicyclic) bond motifs is 1. The van der Waals surface area contributed by atoms with Gasteiger partial charge in [0.15, 0.2) is 0 Å². The Morgan fingerprint density at radius 2 is 1.63 bits per heavy atom. The van der Waals surface area contributed by atoms with Gasteiger partial charge in [0.2, 0.25) is 0 Å². The molecule has 1 heterocycles. The SMILES string of the molecule is COC(=O)Oc1ccc2c(c1)NC(=O)/C2=C(\Nc1cccc(C(=O)N(C)CCN(C)C)c1)c1ccccc1. The van der Waals surface area contributed by atoms with Crippen LogP contribution in [0, 0.1) is 0 Å². The quantitative estimate of drug-likeness (QED) is 0.261. The van der Waals surface area contributed by atoms with Crippen LogP contribution in [0.3, 0.4) is 0 Å². The number of nitrogens with one attached hydrogen (secondary N) is 2. The van der Waals surface area contributed by atoms with E-state index >= 15 is 0 Å². The van der Waals surface area contributed by atoms with Crippen LogP contribution in [0.25, 0.3) is 11.3 Å². The van der Waals surface area contributed by atoms with Gasteiger partial charge in [-0.2, -0.15) is 0 Å². The number of ether oxygens (including phenoxy) is 2. The van der Waals surface area contributed by atoms with E-state index in [2.05, 4.69) is 15.4 Å². The summed E-state index contributed by atoms with van der Waals surface area (Å²) in [6, 6.07) is 21.6. The molecule has 3 aromatic rings. The summed E-state index contributed by atoms with van der Waals surface area (Å²) in [5.74, 6) is -0.153. The van der Waals surface area contributed by atoms with Crippen LogP contribution in [0.2, 0.25) is 0 Å². The number of rotatable bonds is 8. The molecule has 0 saturated heterocycles. The molecule has 0 spiro atoms. The first-order valence-electron chi connectivity index (χ1n) is 12.1. The molecular formula is C29H30N4O5. The van der Waals surface area contributed by atoms with Gasteiger partial charge in [0.25, 0.3) is 11.8 Å². The predicted octanol–water partition coefficient (Wildman–Crippen LogP) is 4.40. The largest absolute Gasteiger partial charge is 0.513 e. The number of carbonyl (C=O) groups is 3. The first-order chi connectivity index (χ1) is 18.3. The van der Waals surface area contributed by atoms with Crippen molar-refractivity contribution in [2.45, 2.75) is 0 Å². The summed E-state index contributed by atoms with van der Waals surface area (Å²) < 4.78 is 9.65. The summed E-state index contributed by atoms with van der Waals surface area (Å²) in [7, 11) is 6.93. The molecule has 1 aliphatic rings. The van der Waals surface area contributed by atoms with E-state index in [4.69, 9.17) is 4.74 Å². The molecule has 9 heteroatoms. The molecule has 4 rings (SSSR count). The molecule has 38 heavy (non-hydrogen) atoms. The van der Waals surface area contributed by atoms with Crippen molar-refractivity contribution in [1.82, 2.24) is 9.80 Å². The maximum Gasteiger partial charge on any atom is 0.513 e. The average molecular weight is 515 g/mol. The smallest absolute Gasteiger partial charge is 0.437 e. The second kappa shape index (κ2) is 11.6. The fraction of sp³-hybridized carbons (Fsp3) is 0.207. The monoisotopic (exact) mass is 514 g/mol. The van der Waals surface area contributed by atoms with Gasteiger partial charge in [0, 0.05) is 43.0 Å². The Morgan fingerprint density at radius 1 is 0.895 bits per heavy atom. The van der Waals surface area contributed by atoms with Crippen molar-refractivity contribution in [3.8, 4) is 5.75 Å². The summed E-state index contributed by atoms with van der Waals surface area (Å²) >= 11 is 0. The Bertz CT molecular complexity index is 1380. The standard InChI is InChI=1S/C29H30N4O5/c1-32(2)15-16-33(3)28(35)20-11-8-12-21(17-20)30-26(19-9-6-5-7-10-19)25-23-14-13-22(38-29(36)37-4)18-24(23)31-27(25)34/h5-14,17-18,30H,15-16H2,1-4H3,(H,31,34)/b26-25-. The third kappa shape index (κ3) is 6.01. The minimum Gasteiger partial charge on any atom is -0.437 e. The van der Waals surface area contributed by atoms with E-state index in [9.17, 15) is 14.4 Å². The molecule has 1 aliphatic heterocycles. The number of carbonyl (C=O) groups excluding carboxylic acids is 3. The molecular weight excluding hydrogens is 484 g/mol. The zero-order valence-electron chi connectivity index (χ0n) is 21.8. The number of hydrogen-bond donors (Lipinski definition) is 2. The summed E-state index contributed by atoms with van der Waals surface area (Å²) in [5.41, 5.74) is 4.15. The third-order valence-electron chi connectivity index (χ3n) is 6.02. The number of methoxy groups -OCH3 is 1. The van der Waals surface area contributed by atoms with Gasteiger partial charge in [0.05, 0.1) is 24.1 Å². The highest BCUT2D eigenvalue weighted by molar-refractivity contribution is 6.37. The minimum absolute atomic E-state index is 0.0912. The molecule has 0 atom stereocenters. The molecule has 0 radical (unpaired) electrons. The maximum absolute atomic E-state index is 13.2. The highest BCUT2D eigenvalue weighted by Crippen LogP contribution is 2.39. The second-order valence-electron chi connectivity index (χ2n) is 9.07. The topological polar surface area (TPSA) is 100 Å². The van der Waals surface area contributed by atoms with Gasteiger partial charge in [-0.3, -0.25) is 9.59 Å². The van der Waals surface area contributed by atoms with Gasteiger partial charge >= 0.3 is 6.16 Å². The van der Waals surface area contributed by atoms with Crippen LogP contribution in [-0.2, 0) is 9.53 Å². The Balaban J connectivity index is 1.71. The summed E-state index contributed by atoms with van der Waals surface area (Å²) in [6.45, 7) is 1.35. The van der Waals surface area contributed by atoms with Crippen molar-refractivity contribution < 1.29 is 23.9 Å². The van der Waals surface area contributed by atoms with Gasteiger partial charge in [-0.25, -0.2) is 4.79 Å². The molecule has 196 valence electrons. The highest BCUT2D eigenvalue weighted by Gasteiger charge is 2.29. The first-order valence-corrected chi connectivity index (χ1v) is 12.1. The Kier molecular flexibility index (Phi) is 8.08. The Morgan fingerprint density at radius 3 is 2.34 bits per heavy atom. The number of likely N-dealkylation sites (N-methyl/N-ethyl adjacent to an activating group) is 2. The van der Waals surface area contributed by atoms with E-state index in [-0.39, 0.29) is 17.6 Å². The molecule has 0 unspecified atom stereocenters. The van der Waals surface area contributed by atoms with Crippen molar-refractivity contribution in [2.75, 3.05) is 52.0 Å². The van der Waals surface area contributed by atoms with Crippen molar-refractivity contribution >= 4 is 40.6 Å². The molecule has 9 nitrogen and oxygen atoms in total. The molecule has 0 fully saturated rings. The van der Waals surface area contributed by atoms with Crippen LogP contribution < -0.4 is 15.4 Å². The van der Waals surface area contributed by atoms with E-state index in [1.54, 1.807) is 42.3 Å². The van der Waals surface area contributed by atoms with Crippen LogP contribution in [0.4, 0.5) is 16.2 Å². The summed E-state index contributed by atoms with van der Waals surface area (Å²) in [5, 5.41) is 6.23. The molecule has 3 aromatic carbocycles. The van der Waals surface area contributed by atoms with E-state index in [0.29, 0.717) is 40.3 Å². The molecule has 2 N–H and O–H groups in total. The van der Waals surface area contributed by atoms with E-state index in [1.807, 2.05) is 61.5 Å². The van der Waals surface area contributed by atoms with E-state index in [0.717, 1.165) is 12.1 Å². The second-order valence-corrected chi connectivity index (χ2v) is 9.07. The molecule has 0 aliphatic carbocycles. The third-order valence-corrected chi connectivity index (χ3v) is 6.02. The maximum atomic E-state index is 13.2. The Hall–Kier alpha value is -4.63. The van der Waals surface area contributed by atoms with E-state index < -0.39 is 6.16 Å². The van der Waals surface area contributed by atoms with Crippen molar-refractivity contribution in [1.29, 1.82) is 0 Å². The Labute approximate surface area is 221 Å². The normalized spacial score (nSPS) is 13.4. The van der Waals surface area contributed by atoms with Crippen molar-refractivity contribution in [2.24, 2.45) is 0 Å². The first kappa shape index (κ1) is 26.4. The van der Waals surface area contributed by atoms with Crippen LogP contribution in [0.5, 0.6) is 5.75 Å². The molecule has 0 saturated carbocycles. The van der Waals surface area contributed by atoms with Gasteiger partial charge < -0.3 is 29.9 Å². The van der Waals surface area contributed by atoms with Crippen molar-refractivity contribution in [3.05, 3.63) is 89.5 Å². The lowest BCUT2D eigenvalue weighted by atomic mass is 9.99. The number of amides is 2. The zero-order chi connectivity index (χ0) is 27.2. The fourth-order valence-electron chi connectivity index (χ4n) is 4.03. The van der Waals surface area contributed by atoms with Gasteiger partial charge in [-0.05, 0) is 50.0 Å². The summed E-state index contributed by atoms with van der Waals surface area (Å²) in [4.78, 5) is 41.5. The van der Waals surface area contributed by atoms with Gasteiger partial charge in [-0.1, -0.05) is 36.4 Å². The highest BCUT2D eigenvalue weighted by atomic mass is 16.7. The number of hydrogen-bond acceptors (Lipinski definition) is 7. The lowest BCUT2D eigenvalue weighted by Gasteiger charge is -2.20. The van der Waals surface area contributed by atoms with E-state index in [1.165, 1.54) is 7.11 Å². The average Bonchev–Trinajstić information content (AvgIpc) is 3.25. The summed E-state index contributed by atoms with van der Waals surface area (Å²) in [6.07, 6.45) is -0.849. The van der Waals surface area contributed by atoms with Crippen LogP contribution in [0.15, 0.2) is 72.8 Å². The lowest BCUT2D eigenvalue weighted by molar-refractivity contribution is -0.110. The van der Waals surface area contributed by atoms with Gasteiger partial charge in [0.1, 0.15) is 5.75 Å². The molecule has 0 bridgehead atoms. The van der Waals surface area contributed by atoms with Crippen LogP contribution in [-0.4, -0.2) is 69.1 Å². The minimum atomic E-state index is -0.849. The zero-order valence-corrected chi connectivity index (χ0v) is 21.8. The van der Waals surface area contributed by atoms with Gasteiger partial charge in [-0.15, -0.1) is 0 Å². The number of nitrogens with zero attached hydrogens (tertiary/aromatic N) is 2. The van der Waals surface area contributed by atoms with Crippen molar-refractivity contribution in [3.63, 3.8) is 0 Å². The fourth-order valence-corrected chi connectivity index (χ4v) is 4.03.